The molecule has 0 aliphatic carbocycles. The van der Waals surface area contributed by atoms with Crippen molar-refractivity contribution < 1.29 is 9.90 Å². The molecule has 1 atom stereocenters. The van der Waals surface area contributed by atoms with Crippen LogP contribution in [-0.4, -0.2) is 35.6 Å². The molecule has 88 valence electrons. The highest BCUT2D eigenvalue weighted by Gasteiger charge is 2.29. The van der Waals surface area contributed by atoms with Crippen molar-refractivity contribution in [3.05, 3.63) is 0 Å². The molecule has 0 amide bonds. The molecule has 1 N–H and O–H groups in total. The highest BCUT2D eigenvalue weighted by molar-refractivity contribution is 5.73. The third-order valence-electron chi connectivity index (χ3n) is 3.58. The maximum Gasteiger partial charge on any atom is 0.309 e. The maximum absolute atomic E-state index is 10.9. The number of nitrogens with zero attached hydrogens (tertiary/aromatic N) is 1. The Morgan fingerprint density at radius 2 is 2.20 bits per heavy atom. The van der Waals surface area contributed by atoms with E-state index in [1.54, 1.807) is 0 Å². The molecule has 0 spiro atoms. The monoisotopic (exact) mass is 213 g/mol. The van der Waals surface area contributed by atoms with E-state index in [2.05, 4.69) is 11.8 Å². The van der Waals surface area contributed by atoms with Crippen LogP contribution in [0.25, 0.3) is 0 Å². The van der Waals surface area contributed by atoms with Gasteiger partial charge in [0.25, 0.3) is 0 Å². The third-order valence-corrected chi connectivity index (χ3v) is 3.58. The molecule has 0 aromatic carbocycles. The zero-order chi connectivity index (χ0) is 11.5. The lowest BCUT2D eigenvalue weighted by atomic mass is 9.89. The summed E-state index contributed by atoms with van der Waals surface area (Å²) < 4.78 is 0. The smallest absolute Gasteiger partial charge is 0.309 e. The zero-order valence-electron chi connectivity index (χ0n) is 10.1. The fraction of sp³-hybridized carbons (Fsp3) is 0.917. The van der Waals surface area contributed by atoms with Gasteiger partial charge in [0.2, 0.25) is 0 Å². The SMILES string of the molecule is CCC1CCN(CCC(C)(C)C(=O)O)C1. The minimum absolute atomic E-state index is 0.579. The summed E-state index contributed by atoms with van der Waals surface area (Å²) >= 11 is 0. The molecule has 3 heteroatoms. The van der Waals surface area contributed by atoms with E-state index in [4.69, 9.17) is 5.11 Å². The number of carboxylic acids is 1. The Bertz CT molecular complexity index is 226. The van der Waals surface area contributed by atoms with Crippen LogP contribution in [0.5, 0.6) is 0 Å². The van der Waals surface area contributed by atoms with Crippen LogP contribution in [0, 0.1) is 11.3 Å². The van der Waals surface area contributed by atoms with Gasteiger partial charge in [0.15, 0.2) is 0 Å². The first-order valence-corrected chi connectivity index (χ1v) is 5.91. The Labute approximate surface area is 92.5 Å². The predicted octanol–water partition coefficient (Wildman–Crippen LogP) is 2.22. The molecular weight excluding hydrogens is 190 g/mol. The summed E-state index contributed by atoms with van der Waals surface area (Å²) in [7, 11) is 0. The molecule has 0 bridgehead atoms. The summed E-state index contributed by atoms with van der Waals surface area (Å²) in [6.07, 6.45) is 3.28. The quantitative estimate of drug-likeness (QED) is 0.761. The molecule has 0 aromatic rings. The van der Waals surface area contributed by atoms with Crippen molar-refractivity contribution in [1.29, 1.82) is 0 Å². The molecule has 1 rings (SSSR count). The Morgan fingerprint density at radius 1 is 1.53 bits per heavy atom. The highest BCUT2D eigenvalue weighted by Crippen LogP contribution is 2.24. The van der Waals surface area contributed by atoms with Gasteiger partial charge in [0.1, 0.15) is 0 Å². The lowest BCUT2D eigenvalue weighted by Crippen LogP contribution is -2.31. The number of aliphatic carboxylic acids is 1. The van der Waals surface area contributed by atoms with E-state index in [9.17, 15) is 4.79 Å². The van der Waals surface area contributed by atoms with Crippen molar-refractivity contribution in [1.82, 2.24) is 4.90 Å². The Hall–Kier alpha value is -0.570. The van der Waals surface area contributed by atoms with Crippen LogP contribution < -0.4 is 0 Å². The summed E-state index contributed by atoms with van der Waals surface area (Å²) in [5.41, 5.74) is -0.579. The summed E-state index contributed by atoms with van der Waals surface area (Å²) in [5.74, 6) is 0.145. The van der Waals surface area contributed by atoms with Gasteiger partial charge in [-0.05, 0) is 45.7 Å². The second-order valence-corrected chi connectivity index (χ2v) is 5.30. The van der Waals surface area contributed by atoms with Crippen LogP contribution in [0.1, 0.15) is 40.0 Å². The van der Waals surface area contributed by atoms with Gasteiger partial charge >= 0.3 is 5.97 Å². The van der Waals surface area contributed by atoms with E-state index < -0.39 is 11.4 Å². The molecular formula is C12H23NO2. The largest absolute Gasteiger partial charge is 0.481 e. The maximum atomic E-state index is 10.9. The molecule has 1 saturated heterocycles. The van der Waals surface area contributed by atoms with Crippen LogP contribution >= 0.6 is 0 Å². The molecule has 0 saturated carbocycles. The summed E-state index contributed by atoms with van der Waals surface area (Å²) in [6.45, 7) is 9.08. The van der Waals surface area contributed by atoms with E-state index in [1.165, 1.54) is 12.8 Å². The lowest BCUT2D eigenvalue weighted by molar-refractivity contribution is -0.147. The number of carboxylic acid groups (broad SMARTS) is 1. The average Bonchev–Trinajstić information content (AvgIpc) is 2.62. The van der Waals surface area contributed by atoms with Crippen molar-refractivity contribution in [2.24, 2.45) is 11.3 Å². The van der Waals surface area contributed by atoms with Gasteiger partial charge in [-0.15, -0.1) is 0 Å². The number of rotatable bonds is 5. The van der Waals surface area contributed by atoms with E-state index in [0.717, 1.165) is 32.0 Å². The van der Waals surface area contributed by atoms with Gasteiger partial charge in [0, 0.05) is 6.54 Å². The van der Waals surface area contributed by atoms with E-state index in [1.807, 2.05) is 13.8 Å². The molecule has 0 aromatic heterocycles. The standard InChI is InChI=1S/C12H23NO2/c1-4-10-5-7-13(9-10)8-6-12(2,3)11(14)15/h10H,4-9H2,1-3H3,(H,14,15). The molecule has 0 radical (unpaired) electrons. The minimum atomic E-state index is -0.686. The number of hydrogen-bond acceptors (Lipinski definition) is 2. The fourth-order valence-corrected chi connectivity index (χ4v) is 1.99. The summed E-state index contributed by atoms with van der Waals surface area (Å²) in [4.78, 5) is 13.3. The Balaban J connectivity index is 2.29. The first-order valence-electron chi connectivity index (χ1n) is 5.91. The van der Waals surface area contributed by atoms with Crippen molar-refractivity contribution in [2.45, 2.75) is 40.0 Å². The summed E-state index contributed by atoms with van der Waals surface area (Å²) in [6, 6.07) is 0. The summed E-state index contributed by atoms with van der Waals surface area (Å²) in [5, 5.41) is 8.99. The van der Waals surface area contributed by atoms with Crippen molar-refractivity contribution in [3.63, 3.8) is 0 Å². The second kappa shape index (κ2) is 4.97. The minimum Gasteiger partial charge on any atom is -0.481 e. The second-order valence-electron chi connectivity index (χ2n) is 5.30. The van der Waals surface area contributed by atoms with E-state index in [-0.39, 0.29) is 0 Å². The average molecular weight is 213 g/mol. The Morgan fingerprint density at radius 3 is 2.67 bits per heavy atom. The van der Waals surface area contributed by atoms with Crippen LogP contribution in [0.15, 0.2) is 0 Å². The normalized spacial score (nSPS) is 23.3. The highest BCUT2D eigenvalue weighted by atomic mass is 16.4. The zero-order valence-corrected chi connectivity index (χ0v) is 10.1. The van der Waals surface area contributed by atoms with E-state index >= 15 is 0 Å². The van der Waals surface area contributed by atoms with Crippen LogP contribution in [-0.2, 0) is 4.79 Å². The lowest BCUT2D eigenvalue weighted by Gasteiger charge is -2.23. The van der Waals surface area contributed by atoms with Gasteiger partial charge in [-0.1, -0.05) is 13.3 Å². The molecule has 3 nitrogen and oxygen atoms in total. The van der Waals surface area contributed by atoms with Crippen molar-refractivity contribution >= 4 is 5.97 Å². The van der Waals surface area contributed by atoms with Gasteiger partial charge < -0.3 is 10.0 Å². The van der Waals surface area contributed by atoms with E-state index in [0.29, 0.717) is 0 Å². The van der Waals surface area contributed by atoms with Gasteiger partial charge in [-0.3, -0.25) is 4.79 Å². The Kier molecular flexibility index (Phi) is 4.14. The number of carbonyl (C=O) groups is 1. The molecule has 1 heterocycles. The van der Waals surface area contributed by atoms with Crippen molar-refractivity contribution in [3.8, 4) is 0 Å². The van der Waals surface area contributed by atoms with Gasteiger partial charge in [0.05, 0.1) is 5.41 Å². The number of hydrogen-bond donors (Lipinski definition) is 1. The van der Waals surface area contributed by atoms with Gasteiger partial charge in [-0.2, -0.15) is 0 Å². The number of likely N-dealkylation sites (tertiary alicyclic amines) is 1. The fourth-order valence-electron chi connectivity index (χ4n) is 1.99. The van der Waals surface area contributed by atoms with Gasteiger partial charge in [-0.25, -0.2) is 0 Å². The predicted molar refractivity (Wildman–Crippen MR) is 60.9 cm³/mol. The van der Waals surface area contributed by atoms with Crippen LogP contribution in [0.3, 0.4) is 0 Å². The molecule has 1 unspecified atom stereocenters. The molecule has 1 fully saturated rings. The van der Waals surface area contributed by atoms with Crippen LogP contribution in [0.4, 0.5) is 0 Å². The third kappa shape index (κ3) is 3.49. The van der Waals surface area contributed by atoms with Crippen molar-refractivity contribution in [2.75, 3.05) is 19.6 Å². The topological polar surface area (TPSA) is 40.5 Å². The molecule has 1 aliphatic rings. The molecule has 15 heavy (non-hydrogen) atoms. The molecule has 1 aliphatic heterocycles. The van der Waals surface area contributed by atoms with Crippen LogP contribution in [0.2, 0.25) is 0 Å². The first-order chi connectivity index (χ1) is 6.95. The first kappa shape index (κ1) is 12.5.